The van der Waals surface area contributed by atoms with Gasteiger partial charge in [0.05, 0.1) is 42.8 Å². The predicted octanol–water partition coefficient (Wildman–Crippen LogP) is 2.14. The fraction of sp³-hybridized carbons (Fsp3) is 0.480. The van der Waals surface area contributed by atoms with E-state index in [0.29, 0.717) is 43.1 Å². The zero-order chi connectivity index (χ0) is 24.3. The van der Waals surface area contributed by atoms with Gasteiger partial charge in [-0.05, 0) is 50.2 Å². The number of nitrogens with zero attached hydrogens (tertiary/aromatic N) is 5. The maximum Gasteiger partial charge on any atom is 0.410 e. The quantitative estimate of drug-likeness (QED) is 0.674. The predicted molar refractivity (Wildman–Crippen MR) is 127 cm³/mol. The molecule has 3 saturated heterocycles. The van der Waals surface area contributed by atoms with Crippen molar-refractivity contribution in [3.8, 4) is 6.07 Å². The Bertz CT molecular complexity index is 1100. The van der Waals surface area contributed by atoms with Crippen LogP contribution in [0.15, 0.2) is 36.7 Å². The number of ether oxygens (including phenoxy) is 1. The molecule has 0 aliphatic carbocycles. The molecule has 0 atom stereocenters. The summed E-state index contributed by atoms with van der Waals surface area (Å²) in [6.45, 7) is 3.84. The Morgan fingerprint density at radius 3 is 2.57 bits per heavy atom. The molecule has 5 rings (SSSR count). The van der Waals surface area contributed by atoms with E-state index >= 15 is 0 Å². The van der Waals surface area contributed by atoms with E-state index in [4.69, 9.17) is 10.00 Å². The summed E-state index contributed by atoms with van der Waals surface area (Å²) >= 11 is 0. The minimum absolute atomic E-state index is 0.130. The second-order valence-electron chi connectivity index (χ2n) is 9.45. The first-order valence-electron chi connectivity index (χ1n) is 12.1. The highest BCUT2D eigenvalue weighted by Crippen LogP contribution is 2.31. The molecule has 0 unspecified atom stereocenters. The first-order valence-corrected chi connectivity index (χ1v) is 12.1. The summed E-state index contributed by atoms with van der Waals surface area (Å²) in [5.74, 6) is -0.130. The van der Waals surface area contributed by atoms with Gasteiger partial charge in [0.1, 0.15) is 11.3 Å². The van der Waals surface area contributed by atoms with Crippen LogP contribution in [0.1, 0.15) is 47.4 Å². The zero-order valence-electron chi connectivity index (χ0n) is 19.6. The van der Waals surface area contributed by atoms with Crippen molar-refractivity contribution < 1.29 is 14.3 Å². The molecule has 3 aliphatic heterocycles. The fourth-order valence-corrected chi connectivity index (χ4v) is 4.97. The number of hydrogen-bond donors (Lipinski definition) is 2. The molecule has 2 N–H and O–H groups in total. The summed E-state index contributed by atoms with van der Waals surface area (Å²) in [5.41, 5.74) is 2.16. The minimum Gasteiger partial charge on any atom is -0.441 e. The molecule has 1 spiro atoms. The van der Waals surface area contributed by atoms with E-state index in [1.807, 2.05) is 12.1 Å². The van der Waals surface area contributed by atoms with Crippen LogP contribution in [0.5, 0.6) is 0 Å². The molecule has 4 heterocycles. The first kappa shape index (κ1) is 23.1. The van der Waals surface area contributed by atoms with Crippen molar-refractivity contribution in [3.63, 3.8) is 0 Å². The molecule has 0 saturated carbocycles. The Morgan fingerprint density at radius 1 is 1.17 bits per heavy atom. The van der Waals surface area contributed by atoms with Crippen LogP contribution in [0.4, 0.5) is 10.5 Å². The molecule has 10 nitrogen and oxygen atoms in total. The number of nitriles is 1. The Hall–Kier alpha value is -3.71. The van der Waals surface area contributed by atoms with Crippen LogP contribution in [-0.4, -0.2) is 76.1 Å². The lowest BCUT2D eigenvalue weighted by Gasteiger charge is -2.32. The van der Waals surface area contributed by atoms with Gasteiger partial charge in [0, 0.05) is 37.7 Å². The van der Waals surface area contributed by atoms with Gasteiger partial charge in [0.25, 0.3) is 5.91 Å². The van der Waals surface area contributed by atoms with Crippen molar-refractivity contribution >= 4 is 17.7 Å². The number of carbonyl (C=O) groups excluding carboxylic acids is 2. The summed E-state index contributed by atoms with van der Waals surface area (Å²) in [5, 5.41) is 15.7. The van der Waals surface area contributed by atoms with Gasteiger partial charge in [-0.25, -0.2) is 9.78 Å². The first-order chi connectivity index (χ1) is 17.0. The molecular weight excluding hydrogens is 446 g/mol. The lowest BCUT2D eigenvalue weighted by Crippen LogP contribution is -2.44. The standard InChI is InChI=1S/C25H29N7O3/c26-13-18-1-3-19(4-2-18)30-20-5-11-31(12-6-20)23(33)22-15-28-21(14-29-22)16-32-17-25(35-24(32)34)7-9-27-10-8-25/h1-4,14-15,20,27,30H,5-12,16-17H2. The average Bonchev–Trinajstić information content (AvgIpc) is 3.19. The van der Waals surface area contributed by atoms with Crippen LogP contribution < -0.4 is 10.6 Å². The van der Waals surface area contributed by atoms with E-state index in [1.54, 1.807) is 28.1 Å². The van der Waals surface area contributed by atoms with E-state index < -0.39 is 5.60 Å². The number of rotatable bonds is 5. The molecular formula is C25H29N7O3. The molecule has 1 aromatic carbocycles. The molecule has 3 aliphatic rings. The van der Waals surface area contributed by atoms with Crippen LogP contribution in [0.25, 0.3) is 0 Å². The third-order valence-corrected chi connectivity index (χ3v) is 7.00. The van der Waals surface area contributed by atoms with Gasteiger partial charge in [-0.2, -0.15) is 5.26 Å². The molecule has 1 aromatic heterocycles. The highest BCUT2D eigenvalue weighted by Gasteiger charge is 2.45. The van der Waals surface area contributed by atoms with Gasteiger partial charge in [-0.15, -0.1) is 0 Å². The summed E-state index contributed by atoms with van der Waals surface area (Å²) < 4.78 is 5.69. The summed E-state index contributed by atoms with van der Waals surface area (Å²) in [7, 11) is 0. The molecule has 0 bridgehead atoms. The second kappa shape index (κ2) is 9.88. The largest absolute Gasteiger partial charge is 0.441 e. The lowest BCUT2D eigenvalue weighted by atomic mass is 9.92. The monoisotopic (exact) mass is 475 g/mol. The van der Waals surface area contributed by atoms with Gasteiger partial charge in [0.15, 0.2) is 0 Å². The maximum absolute atomic E-state index is 12.9. The maximum atomic E-state index is 12.9. The van der Waals surface area contributed by atoms with Gasteiger partial charge >= 0.3 is 6.09 Å². The van der Waals surface area contributed by atoms with Crippen LogP contribution in [-0.2, 0) is 11.3 Å². The Balaban J connectivity index is 1.12. The van der Waals surface area contributed by atoms with Crippen LogP contribution in [0.2, 0.25) is 0 Å². The van der Waals surface area contributed by atoms with Crippen molar-refractivity contribution in [1.29, 1.82) is 5.26 Å². The van der Waals surface area contributed by atoms with Gasteiger partial charge < -0.3 is 20.3 Å². The van der Waals surface area contributed by atoms with Gasteiger partial charge in [0.2, 0.25) is 0 Å². The van der Waals surface area contributed by atoms with Crippen LogP contribution in [0, 0.1) is 11.3 Å². The van der Waals surface area contributed by atoms with Crippen molar-refractivity contribution in [2.24, 2.45) is 0 Å². The summed E-state index contributed by atoms with van der Waals surface area (Å²) in [6, 6.07) is 9.78. The Labute approximate surface area is 204 Å². The zero-order valence-corrected chi connectivity index (χ0v) is 19.6. The van der Waals surface area contributed by atoms with Crippen LogP contribution >= 0.6 is 0 Å². The Kier molecular flexibility index (Phi) is 6.51. The normalized spacial score (nSPS) is 19.9. The minimum atomic E-state index is -0.396. The molecule has 182 valence electrons. The second-order valence-corrected chi connectivity index (χ2v) is 9.45. The number of nitrogens with one attached hydrogen (secondary N) is 2. The number of anilines is 1. The van der Waals surface area contributed by atoms with Crippen LogP contribution in [0.3, 0.4) is 0 Å². The number of hydrogen-bond acceptors (Lipinski definition) is 8. The Morgan fingerprint density at radius 2 is 1.91 bits per heavy atom. The third-order valence-electron chi connectivity index (χ3n) is 7.00. The van der Waals surface area contributed by atoms with E-state index in [9.17, 15) is 9.59 Å². The molecule has 35 heavy (non-hydrogen) atoms. The average molecular weight is 476 g/mol. The molecule has 0 radical (unpaired) electrons. The fourth-order valence-electron chi connectivity index (χ4n) is 4.97. The smallest absolute Gasteiger partial charge is 0.410 e. The number of likely N-dealkylation sites (tertiary alicyclic amines) is 1. The van der Waals surface area contributed by atoms with E-state index in [1.165, 1.54) is 6.20 Å². The van der Waals surface area contributed by atoms with Crippen molar-refractivity contribution in [2.75, 3.05) is 38.0 Å². The van der Waals surface area contributed by atoms with E-state index in [2.05, 4.69) is 26.7 Å². The topological polar surface area (TPSA) is 123 Å². The van der Waals surface area contributed by atoms with Gasteiger partial charge in [-0.1, -0.05) is 0 Å². The highest BCUT2D eigenvalue weighted by atomic mass is 16.6. The number of amides is 2. The van der Waals surface area contributed by atoms with Gasteiger partial charge in [-0.3, -0.25) is 14.7 Å². The lowest BCUT2D eigenvalue weighted by molar-refractivity contribution is 0.0316. The number of piperidine rings is 2. The van der Waals surface area contributed by atoms with Crippen molar-refractivity contribution in [2.45, 2.75) is 43.9 Å². The summed E-state index contributed by atoms with van der Waals surface area (Å²) in [6.07, 6.45) is 6.04. The molecule has 2 aromatic rings. The summed E-state index contributed by atoms with van der Waals surface area (Å²) in [4.78, 5) is 37.5. The van der Waals surface area contributed by atoms with Crippen molar-refractivity contribution in [1.82, 2.24) is 25.1 Å². The van der Waals surface area contributed by atoms with E-state index in [0.717, 1.165) is 44.5 Å². The SMILES string of the molecule is N#Cc1ccc(NC2CCN(C(=O)c3cnc(CN4CC5(CCNCC5)OC4=O)cn3)CC2)cc1. The van der Waals surface area contributed by atoms with E-state index in [-0.39, 0.29) is 18.0 Å². The number of carbonyl (C=O) groups is 2. The number of benzene rings is 1. The number of aromatic nitrogens is 2. The molecule has 10 heteroatoms. The molecule has 3 fully saturated rings. The third kappa shape index (κ3) is 5.20. The van der Waals surface area contributed by atoms with Crippen molar-refractivity contribution in [3.05, 3.63) is 53.6 Å². The molecule has 2 amide bonds. The highest BCUT2D eigenvalue weighted by molar-refractivity contribution is 5.92.